The molecule has 0 aromatic heterocycles. The minimum absolute atomic E-state index is 0.0777. The van der Waals surface area contributed by atoms with E-state index >= 15 is 0 Å². The third kappa shape index (κ3) is 5.79. The standard InChI is InChI=1S/C22H22N4O4S/c1-13-8-10-15(11-9-13)14(2)25-26-22-24-20(28)18(31-22)12-19(27)23-17-7-5-4-6-16(17)21(29)30-3/h4-11,18H,12H2,1-3H3,(H,23,27)(H,24,26,28). The number of rotatable bonds is 6. The van der Waals surface area contributed by atoms with Gasteiger partial charge in [-0.05, 0) is 31.5 Å². The third-order valence-electron chi connectivity index (χ3n) is 4.51. The van der Waals surface area contributed by atoms with Gasteiger partial charge in [-0.3, -0.25) is 9.59 Å². The van der Waals surface area contributed by atoms with E-state index in [2.05, 4.69) is 20.8 Å². The Morgan fingerprint density at radius 3 is 2.58 bits per heavy atom. The van der Waals surface area contributed by atoms with E-state index in [9.17, 15) is 14.4 Å². The monoisotopic (exact) mass is 438 g/mol. The fourth-order valence-corrected chi connectivity index (χ4v) is 3.73. The Hall–Kier alpha value is -3.46. The second-order valence-electron chi connectivity index (χ2n) is 6.84. The van der Waals surface area contributed by atoms with Crippen LogP contribution in [0.4, 0.5) is 5.69 Å². The van der Waals surface area contributed by atoms with Crippen LogP contribution in [0.3, 0.4) is 0 Å². The fourth-order valence-electron chi connectivity index (χ4n) is 2.81. The summed E-state index contributed by atoms with van der Waals surface area (Å²) in [5.74, 6) is -1.27. The van der Waals surface area contributed by atoms with Gasteiger partial charge in [0, 0.05) is 6.42 Å². The quantitative estimate of drug-likeness (QED) is 0.409. The lowest BCUT2D eigenvalue weighted by Crippen LogP contribution is -2.28. The van der Waals surface area contributed by atoms with Gasteiger partial charge in [-0.15, -0.1) is 5.10 Å². The normalized spacial score (nSPS) is 17.4. The first kappa shape index (κ1) is 22.2. The van der Waals surface area contributed by atoms with E-state index in [4.69, 9.17) is 4.74 Å². The number of esters is 1. The van der Waals surface area contributed by atoms with Crippen molar-refractivity contribution < 1.29 is 19.1 Å². The number of aryl methyl sites for hydroxylation is 1. The number of anilines is 1. The molecule has 0 bridgehead atoms. The van der Waals surface area contributed by atoms with Gasteiger partial charge in [0.25, 0.3) is 0 Å². The number of carbonyl (C=O) groups excluding carboxylic acids is 3. The molecule has 2 amide bonds. The molecule has 0 spiro atoms. The smallest absolute Gasteiger partial charge is 0.339 e. The number of amidine groups is 1. The van der Waals surface area contributed by atoms with Crippen molar-refractivity contribution in [3.63, 3.8) is 0 Å². The molecule has 0 saturated carbocycles. The summed E-state index contributed by atoms with van der Waals surface area (Å²) in [7, 11) is 1.27. The molecule has 31 heavy (non-hydrogen) atoms. The van der Waals surface area contributed by atoms with Gasteiger partial charge in [0.05, 0.1) is 24.1 Å². The van der Waals surface area contributed by atoms with Crippen LogP contribution in [0.5, 0.6) is 0 Å². The van der Waals surface area contributed by atoms with Crippen LogP contribution in [0.2, 0.25) is 0 Å². The fraction of sp³-hybridized carbons (Fsp3) is 0.227. The van der Waals surface area contributed by atoms with Crippen molar-refractivity contribution in [2.45, 2.75) is 25.5 Å². The zero-order chi connectivity index (χ0) is 22.4. The second-order valence-corrected chi connectivity index (χ2v) is 8.03. The largest absolute Gasteiger partial charge is 0.465 e. The van der Waals surface area contributed by atoms with Crippen LogP contribution in [0.15, 0.2) is 58.7 Å². The number of amides is 2. The van der Waals surface area contributed by atoms with Crippen molar-refractivity contribution in [3.05, 3.63) is 65.2 Å². The number of nitrogens with zero attached hydrogens (tertiary/aromatic N) is 2. The summed E-state index contributed by atoms with van der Waals surface area (Å²) < 4.78 is 4.72. The van der Waals surface area contributed by atoms with Crippen molar-refractivity contribution in [1.29, 1.82) is 0 Å². The first-order chi connectivity index (χ1) is 14.9. The van der Waals surface area contributed by atoms with Gasteiger partial charge < -0.3 is 15.4 Å². The van der Waals surface area contributed by atoms with Crippen molar-refractivity contribution in [3.8, 4) is 0 Å². The molecule has 1 unspecified atom stereocenters. The van der Waals surface area contributed by atoms with E-state index in [0.717, 1.165) is 22.9 Å². The van der Waals surface area contributed by atoms with E-state index < -0.39 is 17.1 Å². The predicted molar refractivity (Wildman–Crippen MR) is 121 cm³/mol. The van der Waals surface area contributed by atoms with Crippen LogP contribution in [-0.2, 0) is 14.3 Å². The number of hydrogen-bond donors (Lipinski definition) is 2. The molecule has 3 rings (SSSR count). The van der Waals surface area contributed by atoms with Crippen LogP contribution in [0.25, 0.3) is 0 Å². The molecule has 1 saturated heterocycles. The molecule has 2 aromatic carbocycles. The summed E-state index contributed by atoms with van der Waals surface area (Å²) in [6, 6.07) is 14.4. The Kier molecular flexibility index (Phi) is 7.19. The lowest BCUT2D eigenvalue weighted by molar-refractivity contribution is -0.122. The van der Waals surface area contributed by atoms with Crippen LogP contribution < -0.4 is 10.6 Å². The Labute approximate surface area is 184 Å². The molecule has 2 aromatic rings. The summed E-state index contributed by atoms with van der Waals surface area (Å²) in [6.07, 6.45) is -0.0777. The van der Waals surface area contributed by atoms with Crippen molar-refractivity contribution in [2.24, 2.45) is 10.2 Å². The van der Waals surface area contributed by atoms with E-state index in [1.807, 2.05) is 38.1 Å². The van der Waals surface area contributed by atoms with Crippen molar-refractivity contribution in [2.75, 3.05) is 12.4 Å². The zero-order valence-electron chi connectivity index (χ0n) is 17.3. The number of methoxy groups -OCH3 is 1. The first-order valence-corrected chi connectivity index (χ1v) is 10.4. The Balaban J connectivity index is 1.62. The SMILES string of the molecule is COC(=O)c1ccccc1NC(=O)CC1SC(=NN=C(C)c2ccc(C)cc2)NC1=O. The van der Waals surface area contributed by atoms with Gasteiger partial charge in [0.15, 0.2) is 5.17 Å². The average molecular weight is 439 g/mol. The summed E-state index contributed by atoms with van der Waals surface area (Å²) in [5, 5.41) is 13.3. The molecular formula is C22H22N4O4S. The average Bonchev–Trinajstić information content (AvgIpc) is 3.11. The molecule has 0 aliphatic carbocycles. The zero-order valence-corrected chi connectivity index (χ0v) is 18.2. The minimum Gasteiger partial charge on any atom is -0.465 e. The number of nitrogens with one attached hydrogen (secondary N) is 2. The maximum Gasteiger partial charge on any atom is 0.339 e. The van der Waals surface area contributed by atoms with Crippen molar-refractivity contribution in [1.82, 2.24) is 5.32 Å². The molecular weight excluding hydrogens is 416 g/mol. The number of ether oxygens (including phenoxy) is 1. The Morgan fingerprint density at radius 1 is 1.16 bits per heavy atom. The number of hydrogen-bond acceptors (Lipinski definition) is 7. The number of carbonyl (C=O) groups is 3. The summed E-state index contributed by atoms with van der Waals surface area (Å²) in [5.41, 5.74) is 3.37. The highest BCUT2D eigenvalue weighted by Gasteiger charge is 2.32. The molecule has 2 N–H and O–H groups in total. The number of thioether (sulfide) groups is 1. The molecule has 9 heteroatoms. The molecule has 8 nitrogen and oxygen atoms in total. The molecule has 1 aliphatic heterocycles. The molecule has 1 fully saturated rings. The van der Waals surface area contributed by atoms with E-state index in [1.54, 1.807) is 24.3 Å². The molecule has 160 valence electrons. The molecule has 1 heterocycles. The number of para-hydroxylation sites is 1. The second kappa shape index (κ2) is 10.0. The molecule has 1 atom stereocenters. The van der Waals surface area contributed by atoms with Crippen LogP contribution >= 0.6 is 11.8 Å². The van der Waals surface area contributed by atoms with Gasteiger partial charge in [-0.25, -0.2) is 4.79 Å². The first-order valence-electron chi connectivity index (χ1n) is 9.51. The van der Waals surface area contributed by atoms with Crippen LogP contribution in [0.1, 0.15) is 34.8 Å². The van der Waals surface area contributed by atoms with E-state index in [1.165, 1.54) is 7.11 Å². The van der Waals surface area contributed by atoms with E-state index in [0.29, 0.717) is 16.6 Å². The van der Waals surface area contributed by atoms with Gasteiger partial charge in [0.1, 0.15) is 5.25 Å². The lowest BCUT2D eigenvalue weighted by Gasteiger charge is -2.10. The highest BCUT2D eigenvalue weighted by Crippen LogP contribution is 2.24. The topological polar surface area (TPSA) is 109 Å². The molecule has 0 radical (unpaired) electrons. The number of benzene rings is 2. The molecule has 1 aliphatic rings. The van der Waals surface area contributed by atoms with Crippen molar-refractivity contribution >= 4 is 46.1 Å². The summed E-state index contributed by atoms with van der Waals surface area (Å²) >= 11 is 1.14. The maximum absolute atomic E-state index is 12.4. The summed E-state index contributed by atoms with van der Waals surface area (Å²) in [4.78, 5) is 36.5. The predicted octanol–water partition coefficient (Wildman–Crippen LogP) is 3.12. The lowest BCUT2D eigenvalue weighted by atomic mass is 10.1. The Bertz CT molecular complexity index is 1060. The van der Waals surface area contributed by atoms with Crippen LogP contribution in [0, 0.1) is 6.92 Å². The summed E-state index contributed by atoms with van der Waals surface area (Å²) in [6.45, 7) is 3.84. The van der Waals surface area contributed by atoms with E-state index in [-0.39, 0.29) is 17.9 Å². The van der Waals surface area contributed by atoms with Gasteiger partial charge in [-0.1, -0.05) is 53.7 Å². The minimum atomic E-state index is -0.640. The van der Waals surface area contributed by atoms with Gasteiger partial charge in [0.2, 0.25) is 11.8 Å². The van der Waals surface area contributed by atoms with Crippen LogP contribution in [-0.4, -0.2) is 41.0 Å². The third-order valence-corrected chi connectivity index (χ3v) is 5.59. The highest BCUT2D eigenvalue weighted by atomic mass is 32.2. The van der Waals surface area contributed by atoms with Gasteiger partial charge in [-0.2, -0.15) is 5.10 Å². The Morgan fingerprint density at radius 2 is 1.87 bits per heavy atom. The van der Waals surface area contributed by atoms with Gasteiger partial charge >= 0.3 is 5.97 Å². The maximum atomic E-state index is 12.4. The highest BCUT2D eigenvalue weighted by molar-refractivity contribution is 8.15.